The van der Waals surface area contributed by atoms with E-state index in [1.807, 2.05) is 13.8 Å². The molecule has 2 rings (SSSR count). The number of nitrogens with one attached hydrogen (secondary N) is 2. The normalized spacial score (nSPS) is 11.1. The molecular weight excluding hydrogens is 425 g/mol. The van der Waals surface area contributed by atoms with Gasteiger partial charge >= 0.3 is 6.18 Å². The van der Waals surface area contributed by atoms with E-state index in [4.69, 9.17) is 11.6 Å². The van der Waals surface area contributed by atoms with Gasteiger partial charge in [-0.1, -0.05) is 11.6 Å². The van der Waals surface area contributed by atoms with E-state index >= 15 is 0 Å². The lowest BCUT2D eigenvalue weighted by molar-refractivity contribution is -0.138. The van der Waals surface area contributed by atoms with Crippen molar-refractivity contribution < 1.29 is 22.8 Å². The SMILES string of the molecule is CCN(CC)c1ccc(C(=O)NNC(=O)Cn2cc(C(F)(F)F)cc(Cl)c2=O)cc1. The van der Waals surface area contributed by atoms with Gasteiger partial charge in [-0.3, -0.25) is 25.2 Å². The lowest BCUT2D eigenvalue weighted by Crippen LogP contribution is -2.44. The highest BCUT2D eigenvalue weighted by Crippen LogP contribution is 2.29. The Morgan fingerprint density at radius 2 is 1.70 bits per heavy atom. The maximum Gasteiger partial charge on any atom is 0.417 e. The van der Waals surface area contributed by atoms with Crippen LogP contribution in [-0.4, -0.2) is 29.5 Å². The molecule has 2 N–H and O–H groups in total. The summed E-state index contributed by atoms with van der Waals surface area (Å²) < 4.78 is 39.1. The van der Waals surface area contributed by atoms with E-state index in [-0.39, 0.29) is 5.56 Å². The first-order chi connectivity index (χ1) is 14.1. The molecule has 2 aromatic rings. The molecule has 0 aliphatic rings. The molecule has 1 aromatic carbocycles. The molecule has 162 valence electrons. The van der Waals surface area contributed by atoms with Gasteiger partial charge in [0, 0.05) is 30.5 Å². The van der Waals surface area contributed by atoms with E-state index < -0.39 is 40.7 Å². The zero-order valence-corrected chi connectivity index (χ0v) is 17.0. The molecule has 2 amide bonds. The van der Waals surface area contributed by atoms with Crippen LogP contribution in [0.15, 0.2) is 41.3 Å². The number of pyridine rings is 1. The van der Waals surface area contributed by atoms with Crippen LogP contribution in [0.3, 0.4) is 0 Å². The number of anilines is 1. The molecule has 0 unspecified atom stereocenters. The summed E-state index contributed by atoms with van der Waals surface area (Å²) in [5.74, 6) is -1.52. The van der Waals surface area contributed by atoms with Crippen molar-refractivity contribution in [2.24, 2.45) is 0 Å². The standard InChI is InChI=1S/C19H20ClF3N4O3/c1-3-26(4-2)14-7-5-12(6-8-14)17(29)25-24-16(28)11-27-10-13(19(21,22)23)9-15(20)18(27)30/h5-10H,3-4,11H2,1-2H3,(H,24,28)(H,25,29). The van der Waals surface area contributed by atoms with Gasteiger partial charge in [-0.25, -0.2) is 0 Å². The molecule has 0 radical (unpaired) electrons. The topological polar surface area (TPSA) is 83.4 Å². The molecule has 30 heavy (non-hydrogen) atoms. The van der Waals surface area contributed by atoms with Gasteiger partial charge in [0.25, 0.3) is 17.4 Å². The maximum absolute atomic E-state index is 12.8. The third kappa shape index (κ3) is 5.76. The molecule has 0 fully saturated rings. The predicted octanol–water partition coefficient (Wildman–Crippen LogP) is 2.83. The van der Waals surface area contributed by atoms with E-state index in [0.717, 1.165) is 18.8 Å². The highest BCUT2D eigenvalue weighted by atomic mass is 35.5. The summed E-state index contributed by atoms with van der Waals surface area (Å²) in [6.45, 7) is 4.85. The van der Waals surface area contributed by atoms with E-state index in [9.17, 15) is 27.6 Å². The van der Waals surface area contributed by atoms with Gasteiger partial charge in [0.05, 0.1) is 5.56 Å². The second kappa shape index (κ2) is 9.66. The zero-order valence-electron chi connectivity index (χ0n) is 16.2. The number of carbonyl (C=O) groups excluding carboxylic acids is 2. The highest BCUT2D eigenvalue weighted by Gasteiger charge is 2.32. The smallest absolute Gasteiger partial charge is 0.372 e. The average molecular weight is 445 g/mol. The second-order valence-corrected chi connectivity index (χ2v) is 6.64. The molecule has 7 nitrogen and oxygen atoms in total. The van der Waals surface area contributed by atoms with Gasteiger partial charge in [0.15, 0.2) is 0 Å². The van der Waals surface area contributed by atoms with Crippen molar-refractivity contribution in [1.29, 1.82) is 0 Å². The molecule has 0 saturated carbocycles. The van der Waals surface area contributed by atoms with Crippen LogP contribution < -0.4 is 21.3 Å². The summed E-state index contributed by atoms with van der Waals surface area (Å²) in [4.78, 5) is 38.1. The van der Waals surface area contributed by atoms with Crippen LogP contribution >= 0.6 is 11.6 Å². The number of hydrazine groups is 1. The number of carbonyl (C=O) groups is 2. The number of rotatable bonds is 6. The van der Waals surface area contributed by atoms with Crippen LogP contribution in [-0.2, 0) is 17.5 Å². The number of halogens is 4. The van der Waals surface area contributed by atoms with Gasteiger partial charge in [-0.05, 0) is 44.2 Å². The van der Waals surface area contributed by atoms with Crippen molar-refractivity contribution in [1.82, 2.24) is 15.4 Å². The van der Waals surface area contributed by atoms with E-state index in [0.29, 0.717) is 16.8 Å². The summed E-state index contributed by atoms with van der Waals surface area (Å²) >= 11 is 5.53. The minimum Gasteiger partial charge on any atom is -0.372 e. The summed E-state index contributed by atoms with van der Waals surface area (Å²) in [7, 11) is 0. The monoisotopic (exact) mass is 444 g/mol. The summed E-state index contributed by atoms with van der Waals surface area (Å²) in [6, 6.07) is 7.15. The van der Waals surface area contributed by atoms with Crippen LogP contribution in [0.4, 0.5) is 18.9 Å². The number of amides is 2. The van der Waals surface area contributed by atoms with Crippen LogP contribution in [0, 0.1) is 0 Å². The Kier molecular flexibility index (Phi) is 7.49. The molecule has 0 bridgehead atoms. The molecule has 11 heteroatoms. The number of benzene rings is 1. The third-order valence-corrected chi connectivity index (χ3v) is 4.53. The first-order valence-corrected chi connectivity index (χ1v) is 9.36. The molecule has 1 heterocycles. The second-order valence-electron chi connectivity index (χ2n) is 6.23. The van der Waals surface area contributed by atoms with Crippen molar-refractivity contribution in [3.05, 3.63) is 63.0 Å². The molecule has 1 aromatic heterocycles. The fourth-order valence-electron chi connectivity index (χ4n) is 2.68. The van der Waals surface area contributed by atoms with Crippen molar-refractivity contribution in [2.75, 3.05) is 18.0 Å². The number of hydrogen-bond acceptors (Lipinski definition) is 4. The summed E-state index contributed by atoms with van der Waals surface area (Å²) in [5.41, 5.74) is 3.28. The van der Waals surface area contributed by atoms with Gasteiger partial charge < -0.3 is 9.47 Å². The van der Waals surface area contributed by atoms with Crippen LogP contribution in [0.2, 0.25) is 5.02 Å². The van der Waals surface area contributed by atoms with Gasteiger partial charge in [0.2, 0.25) is 0 Å². The van der Waals surface area contributed by atoms with Crippen molar-refractivity contribution in [3.8, 4) is 0 Å². The maximum atomic E-state index is 12.8. The molecule has 0 spiro atoms. The van der Waals surface area contributed by atoms with Crippen LogP contribution in [0.25, 0.3) is 0 Å². The van der Waals surface area contributed by atoms with Crippen LogP contribution in [0.1, 0.15) is 29.8 Å². The largest absolute Gasteiger partial charge is 0.417 e. The first kappa shape index (κ1) is 23.3. The highest BCUT2D eigenvalue weighted by molar-refractivity contribution is 6.30. The molecule has 0 saturated heterocycles. The fourth-order valence-corrected chi connectivity index (χ4v) is 2.90. The summed E-state index contributed by atoms with van der Waals surface area (Å²) in [5, 5.41) is -0.671. The third-order valence-electron chi connectivity index (χ3n) is 4.26. The fraction of sp³-hybridized carbons (Fsp3) is 0.316. The number of hydrogen-bond donors (Lipinski definition) is 2. The van der Waals surface area contributed by atoms with Gasteiger partial charge in [-0.2, -0.15) is 13.2 Å². The Hall–Kier alpha value is -3.01. The van der Waals surface area contributed by atoms with Crippen molar-refractivity contribution in [3.63, 3.8) is 0 Å². The van der Waals surface area contributed by atoms with Gasteiger partial charge in [-0.15, -0.1) is 0 Å². The number of aromatic nitrogens is 1. The lowest BCUT2D eigenvalue weighted by Gasteiger charge is -2.21. The molecule has 0 aliphatic heterocycles. The number of nitrogens with zero attached hydrogens (tertiary/aromatic N) is 2. The first-order valence-electron chi connectivity index (χ1n) is 8.98. The minimum absolute atomic E-state index is 0.269. The Bertz CT molecular complexity index is 970. The Labute approximate surface area is 175 Å². The molecule has 0 atom stereocenters. The Morgan fingerprint density at radius 1 is 1.10 bits per heavy atom. The summed E-state index contributed by atoms with van der Waals surface area (Å²) in [6.07, 6.45) is -4.25. The predicted molar refractivity (Wildman–Crippen MR) is 106 cm³/mol. The minimum atomic E-state index is -4.74. The Morgan fingerprint density at radius 3 is 2.23 bits per heavy atom. The average Bonchev–Trinajstić information content (AvgIpc) is 2.70. The van der Waals surface area contributed by atoms with E-state index in [1.165, 1.54) is 0 Å². The number of alkyl halides is 3. The van der Waals surface area contributed by atoms with Crippen molar-refractivity contribution >= 4 is 29.1 Å². The van der Waals surface area contributed by atoms with E-state index in [1.54, 1.807) is 24.3 Å². The Balaban J connectivity index is 2.02. The molecular formula is C19H20ClF3N4O3. The quantitative estimate of drug-likeness (QED) is 0.671. The molecule has 0 aliphatic carbocycles. The van der Waals surface area contributed by atoms with Crippen LogP contribution in [0.5, 0.6) is 0 Å². The van der Waals surface area contributed by atoms with E-state index in [2.05, 4.69) is 15.8 Å². The van der Waals surface area contributed by atoms with Gasteiger partial charge in [0.1, 0.15) is 11.6 Å². The van der Waals surface area contributed by atoms with Crippen molar-refractivity contribution in [2.45, 2.75) is 26.6 Å². The lowest BCUT2D eigenvalue weighted by atomic mass is 10.2. The zero-order chi connectivity index (χ0) is 22.5.